The lowest BCUT2D eigenvalue weighted by atomic mass is 9.74. The van der Waals surface area contributed by atoms with Gasteiger partial charge < -0.3 is 14.4 Å². The first kappa shape index (κ1) is 24.1. The third kappa shape index (κ3) is 4.61. The van der Waals surface area contributed by atoms with E-state index in [9.17, 15) is 27.5 Å². The van der Waals surface area contributed by atoms with Gasteiger partial charge in [0.15, 0.2) is 11.0 Å². The summed E-state index contributed by atoms with van der Waals surface area (Å²) in [6, 6.07) is 8.96. The van der Waals surface area contributed by atoms with Gasteiger partial charge in [-0.1, -0.05) is 25.4 Å². The SMILES string of the molecule is COc1ccc(F)cc1C(C)(C)CC(O)(Cn1ccc(=O)c2ccc(Cl)cc21)C(F)(F)F. The maximum absolute atomic E-state index is 14.2. The summed E-state index contributed by atoms with van der Waals surface area (Å²) in [5, 5.41) is 11.3. The number of halogens is 5. The molecule has 1 atom stereocenters. The summed E-state index contributed by atoms with van der Waals surface area (Å²) in [4.78, 5) is 12.1. The first-order valence-electron chi connectivity index (χ1n) is 9.69. The second kappa shape index (κ2) is 8.41. The zero-order valence-corrected chi connectivity index (χ0v) is 18.4. The summed E-state index contributed by atoms with van der Waals surface area (Å²) in [6.07, 6.45) is -4.64. The Kier molecular flexibility index (Phi) is 6.32. The summed E-state index contributed by atoms with van der Waals surface area (Å²) in [7, 11) is 1.33. The van der Waals surface area contributed by atoms with Crippen LogP contribution in [0.5, 0.6) is 5.75 Å². The molecule has 0 aliphatic rings. The number of alkyl halides is 3. The Bertz CT molecular complexity index is 1210. The molecule has 3 rings (SSSR count). The Balaban J connectivity index is 2.10. The van der Waals surface area contributed by atoms with Gasteiger partial charge in [-0.25, -0.2) is 4.39 Å². The molecule has 4 nitrogen and oxygen atoms in total. The number of hydrogen-bond acceptors (Lipinski definition) is 3. The van der Waals surface area contributed by atoms with Gasteiger partial charge in [-0.2, -0.15) is 13.2 Å². The fraction of sp³-hybridized carbons (Fsp3) is 0.348. The molecule has 0 radical (unpaired) electrons. The van der Waals surface area contributed by atoms with Gasteiger partial charge in [0.1, 0.15) is 11.6 Å². The Hall–Kier alpha value is -2.58. The van der Waals surface area contributed by atoms with E-state index in [1.54, 1.807) is 0 Å². The summed E-state index contributed by atoms with van der Waals surface area (Å²) in [5.41, 5.74) is -4.57. The van der Waals surface area contributed by atoms with Crippen molar-refractivity contribution in [3.05, 3.63) is 75.3 Å². The molecule has 0 saturated carbocycles. The number of pyridine rings is 1. The fourth-order valence-corrected chi connectivity index (χ4v) is 4.15. The molecular weight excluding hydrogens is 450 g/mol. The van der Waals surface area contributed by atoms with Crippen LogP contribution in [-0.2, 0) is 12.0 Å². The van der Waals surface area contributed by atoms with Gasteiger partial charge in [-0.3, -0.25) is 4.79 Å². The number of fused-ring (bicyclic) bond motifs is 1. The molecule has 0 spiro atoms. The fourth-order valence-electron chi connectivity index (χ4n) is 3.98. The van der Waals surface area contributed by atoms with Crippen LogP contribution in [0.1, 0.15) is 25.8 Å². The maximum Gasteiger partial charge on any atom is 0.418 e. The smallest absolute Gasteiger partial charge is 0.418 e. The average Bonchev–Trinajstić information content (AvgIpc) is 2.69. The van der Waals surface area contributed by atoms with E-state index < -0.39 is 36.0 Å². The summed E-state index contributed by atoms with van der Waals surface area (Å²) in [5.74, 6) is -0.424. The number of methoxy groups -OCH3 is 1. The van der Waals surface area contributed by atoms with E-state index in [1.165, 1.54) is 51.4 Å². The highest BCUT2D eigenvalue weighted by molar-refractivity contribution is 6.31. The van der Waals surface area contributed by atoms with Gasteiger partial charge in [0.25, 0.3) is 0 Å². The second-order valence-corrected chi connectivity index (χ2v) is 8.84. The lowest BCUT2D eigenvalue weighted by molar-refractivity contribution is -0.271. The summed E-state index contributed by atoms with van der Waals surface area (Å²) < 4.78 is 62.8. The van der Waals surface area contributed by atoms with Crippen molar-refractivity contribution in [2.24, 2.45) is 0 Å². The molecule has 32 heavy (non-hydrogen) atoms. The van der Waals surface area contributed by atoms with Gasteiger partial charge >= 0.3 is 6.18 Å². The molecule has 1 heterocycles. The van der Waals surface area contributed by atoms with E-state index >= 15 is 0 Å². The lowest BCUT2D eigenvalue weighted by Gasteiger charge is -2.39. The summed E-state index contributed by atoms with van der Waals surface area (Å²) in [6.45, 7) is 2.05. The minimum Gasteiger partial charge on any atom is -0.496 e. The Morgan fingerprint density at radius 2 is 1.78 bits per heavy atom. The number of hydrogen-bond donors (Lipinski definition) is 1. The van der Waals surface area contributed by atoms with Crippen LogP contribution >= 0.6 is 11.6 Å². The Labute approximate surface area is 187 Å². The number of aliphatic hydroxyl groups is 1. The van der Waals surface area contributed by atoms with Crippen molar-refractivity contribution in [2.75, 3.05) is 7.11 Å². The van der Waals surface area contributed by atoms with E-state index in [1.807, 2.05) is 0 Å². The standard InChI is InChI=1S/C23H22ClF4NO3/c1-21(2,17-11-15(25)5-7-20(17)32-3)12-22(31,23(26,27)28)13-29-9-8-19(30)16-6-4-14(24)10-18(16)29/h4-11,31H,12-13H2,1-3H3. The molecule has 1 N–H and O–H groups in total. The first-order valence-corrected chi connectivity index (χ1v) is 10.1. The molecule has 9 heteroatoms. The predicted octanol–water partition coefficient (Wildman–Crippen LogP) is 5.46. The molecule has 0 amide bonds. The van der Waals surface area contributed by atoms with Crippen molar-refractivity contribution in [3.63, 3.8) is 0 Å². The second-order valence-electron chi connectivity index (χ2n) is 8.40. The topological polar surface area (TPSA) is 51.5 Å². The van der Waals surface area contributed by atoms with Gasteiger partial charge in [0, 0.05) is 28.2 Å². The lowest BCUT2D eigenvalue weighted by Crippen LogP contribution is -2.52. The van der Waals surface area contributed by atoms with Crippen LogP contribution in [0.25, 0.3) is 10.9 Å². The molecular formula is C23H22ClF4NO3. The van der Waals surface area contributed by atoms with E-state index in [-0.39, 0.29) is 32.7 Å². The number of nitrogens with zero attached hydrogens (tertiary/aromatic N) is 1. The highest BCUT2D eigenvalue weighted by Gasteiger charge is 2.56. The third-order valence-electron chi connectivity index (χ3n) is 5.53. The van der Waals surface area contributed by atoms with Gasteiger partial charge in [0.05, 0.1) is 19.2 Å². The van der Waals surface area contributed by atoms with Gasteiger partial charge in [-0.15, -0.1) is 0 Å². The molecule has 1 aromatic heterocycles. The van der Waals surface area contributed by atoms with Crippen LogP contribution < -0.4 is 10.2 Å². The molecule has 0 saturated heterocycles. The van der Waals surface area contributed by atoms with Gasteiger partial charge in [-0.05, 0) is 48.2 Å². The quantitative estimate of drug-likeness (QED) is 0.485. The Morgan fingerprint density at radius 3 is 2.41 bits per heavy atom. The zero-order chi connectivity index (χ0) is 23.9. The molecule has 2 aromatic carbocycles. The molecule has 0 fully saturated rings. The van der Waals surface area contributed by atoms with Crippen molar-refractivity contribution in [3.8, 4) is 5.75 Å². The van der Waals surface area contributed by atoms with E-state index in [2.05, 4.69) is 0 Å². The number of rotatable bonds is 6. The maximum atomic E-state index is 14.2. The molecule has 172 valence electrons. The highest BCUT2D eigenvalue weighted by Crippen LogP contribution is 2.44. The minimum atomic E-state index is -5.03. The van der Waals surface area contributed by atoms with Crippen molar-refractivity contribution in [1.82, 2.24) is 4.57 Å². The number of aromatic nitrogens is 1. The number of benzene rings is 2. The largest absolute Gasteiger partial charge is 0.496 e. The third-order valence-corrected chi connectivity index (χ3v) is 5.76. The average molecular weight is 472 g/mol. The summed E-state index contributed by atoms with van der Waals surface area (Å²) >= 11 is 5.99. The van der Waals surface area contributed by atoms with E-state index in [0.29, 0.717) is 0 Å². The van der Waals surface area contributed by atoms with E-state index in [0.717, 1.165) is 22.8 Å². The van der Waals surface area contributed by atoms with Crippen LogP contribution in [0, 0.1) is 5.82 Å². The molecule has 3 aromatic rings. The van der Waals surface area contributed by atoms with Crippen molar-refractivity contribution in [2.45, 2.75) is 44.0 Å². The molecule has 0 bridgehead atoms. The molecule has 0 aliphatic heterocycles. The Morgan fingerprint density at radius 1 is 1.09 bits per heavy atom. The van der Waals surface area contributed by atoms with Gasteiger partial charge in [0.2, 0.25) is 0 Å². The monoisotopic (exact) mass is 471 g/mol. The van der Waals surface area contributed by atoms with Crippen LogP contribution in [0.3, 0.4) is 0 Å². The predicted molar refractivity (Wildman–Crippen MR) is 115 cm³/mol. The van der Waals surface area contributed by atoms with Crippen molar-refractivity contribution in [1.29, 1.82) is 0 Å². The minimum absolute atomic E-state index is 0.161. The van der Waals surface area contributed by atoms with Crippen LogP contribution in [0.15, 0.2) is 53.5 Å². The van der Waals surface area contributed by atoms with E-state index in [4.69, 9.17) is 16.3 Å². The number of ether oxygens (including phenoxy) is 1. The normalized spacial score (nSPS) is 14.4. The van der Waals surface area contributed by atoms with Crippen LogP contribution in [0.2, 0.25) is 5.02 Å². The first-order chi connectivity index (χ1) is 14.8. The molecule has 1 unspecified atom stereocenters. The van der Waals surface area contributed by atoms with Crippen LogP contribution in [-0.4, -0.2) is 28.6 Å². The van der Waals surface area contributed by atoms with Crippen molar-refractivity contribution >= 4 is 22.5 Å². The van der Waals surface area contributed by atoms with Crippen LogP contribution in [0.4, 0.5) is 17.6 Å². The zero-order valence-electron chi connectivity index (χ0n) is 17.6. The van der Waals surface area contributed by atoms with Crippen molar-refractivity contribution < 1.29 is 27.4 Å². The highest BCUT2D eigenvalue weighted by atomic mass is 35.5. The molecule has 0 aliphatic carbocycles.